The monoisotopic (exact) mass is 308 g/mol. The number of hydrogen-bond donors (Lipinski definition) is 1. The summed E-state index contributed by atoms with van der Waals surface area (Å²) in [7, 11) is 0. The fraction of sp³-hybridized carbons (Fsp3) is 0.571. The predicted molar refractivity (Wildman–Crippen MR) is 84.2 cm³/mol. The molecule has 0 spiro atoms. The zero-order valence-corrected chi connectivity index (χ0v) is 13.7. The van der Waals surface area contributed by atoms with Crippen molar-refractivity contribution >= 4 is 23.1 Å². The number of fused-ring (bicyclic) bond motifs is 1. The molecule has 2 aromatic rings. The lowest BCUT2D eigenvalue weighted by Crippen LogP contribution is -2.27. The van der Waals surface area contributed by atoms with Gasteiger partial charge >= 0.3 is 0 Å². The Bertz CT molecular complexity index is 575. The molecule has 6 heteroatoms. The molecule has 108 valence electrons. The largest absolute Gasteiger partial charge is 0.314 e. The van der Waals surface area contributed by atoms with E-state index in [-0.39, 0.29) is 0 Å². The number of aromatic nitrogens is 3. The van der Waals surface area contributed by atoms with Gasteiger partial charge in [-0.1, -0.05) is 6.92 Å². The van der Waals surface area contributed by atoms with Crippen molar-refractivity contribution in [3.8, 4) is 0 Å². The third kappa shape index (κ3) is 2.77. The van der Waals surface area contributed by atoms with Crippen molar-refractivity contribution in [1.82, 2.24) is 20.1 Å². The second-order valence-electron chi connectivity index (χ2n) is 5.51. The van der Waals surface area contributed by atoms with Crippen LogP contribution < -0.4 is 5.32 Å². The normalized spacial score (nSPS) is 22.2. The first-order valence-electron chi connectivity index (χ1n) is 7.01. The summed E-state index contributed by atoms with van der Waals surface area (Å²) in [6.07, 6.45) is 2.99. The van der Waals surface area contributed by atoms with E-state index in [2.05, 4.69) is 52.3 Å². The minimum atomic E-state index is 0.402. The second kappa shape index (κ2) is 5.87. The number of thiophene rings is 1. The number of hydrogen-bond acceptors (Lipinski definition) is 5. The van der Waals surface area contributed by atoms with Crippen molar-refractivity contribution in [1.29, 1.82) is 0 Å². The highest BCUT2D eigenvalue weighted by Crippen LogP contribution is 2.43. The first kappa shape index (κ1) is 14.1. The molecule has 3 rings (SSSR count). The van der Waals surface area contributed by atoms with Crippen LogP contribution in [0.1, 0.15) is 50.7 Å². The van der Waals surface area contributed by atoms with E-state index in [1.165, 1.54) is 16.2 Å². The van der Waals surface area contributed by atoms with Gasteiger partial charge in [-0.05, 0) is 37.3 Å². The van der Waals surface area contributed by atoms with Gasteiger partial charge < -0.3 is 9.88 Å². The van der Waals surface area contributed by atoms with E-state index in [0.717, 1.165) is 12.4 Å². The van der Waals surface area contributed by atoms with E-state index in [9.17, 15) is 0 Å². The van der Waals surface area contributed by atoms with Gasteiger partial charge in [-0.2, -0.15) is 0 Å². The molecule has 4 nitrogen and oxygen atoms in total. The van der Waals surface area contributed by atoms with Crippen LogP contribution in [-0.2, 0) is 6.54 Å². The van der Waals surface area contributed by atoms with Gasteiger partial charge in [-0.15, -0.1) is 33.3 Å². The van der Waals surface area contributed by atoms with Gasteiger partial charge in [0.1, 0.15) is 12.2 Å². The lowest BCUT2D eigenvalue weighted by atomic mass is 10.0. The van der Waals surface area contributed by atoms with Gasteiger partial charge in [-0.25, -0.2) is 0 Å². The summed E-state index contributed by atoms with van der Waals surface area (Å²) < 4.78 is 3.59. The number of nitrogens with one attached hydrogen (secondary N) is 1. The molecule has 0 saturated carbocycles. The lowest BCUT2D eigenvalue weighted by Gasteiger charge is -2.27. The van der Waals surface area contributed by atoms with E-state index in [1.807, 2.05) is 29.4 Å². The number of thioether (sulfide) groups is 1. The van der Waals surface area contributed by atoms with Crippen molar-refractivity contribution in [3.63, 3.8) is 0 Å². The van der Waals surface area contributed by atoms with E-state index in [4.69, 9.17) is 0 Å². The van der Waals surface area contributed by atoms with Crippen LogP contribution in [0.2, 0.25) is 0 Å². The first-order chi connectivity index (χ1) is 9.65. The molecule has 2 atom stereocenters. The van der Waals surface area contributed by atoms with Crippen molar-refractivity contribution in [2.75, 3.05) is 0 Å². The molecule has 0 amide bonds. The molecule has 1 N–H and O–H groups in total. The lowest BCUT2D eigenvalue weighted by molar-refractivity contribution is 0.461. The standard InChI is InChI=1S/C14H20N4S2/c1-9(2)18-8-16-17-13(18)7-15-12-6-10(3)20-14-11(12)4-5-19-14/h4-5,8-10,12,15H,6-7H2,1-3H3/t10-,12-/m0/s1. The van der Waals surface area contributed by atoms with Crippen molar-refractivity contribution in [2.24, 2.45) is 0 Å². The van der Waals surface area contributed by atoms with Crippen molar-refractivity contribution < 1.29 is 0 Å². The third-order valence-electron chi connectivity index (χ3n) is 3.62. The van der Waals surface area contributed by atoms with E-state index in [1.54, 1.807) is 0 Å². The topological polar surface area (TPSA) is 42.7 Å². The molecule has 2 aromatic heterocycles. The summed E-state index contributed by atoms with van der Waals surface area (Å²) in [5, 5.41) is 14.8. The zero-order valence-electron chi connectivity index (χ0n) is 12.0. The summed E-state index contributed by atoms with van der Waals surface area (Å²) in [6.45, 7) is 7.39. The summed E-state index contributed by atoms with van der Waals surface area (Å²) in [6, 6.07) is 3.09. The predicted octanol–water partition coefficient (Wildman–Crippen LogP) is 3.64. The van der Waals surface area contributed by atoms with Gasteiger partial charge in [0.25, 0.3) is 0 Å². The Labute approximate surface area is 128 Å². The zero-order chi connectivity index (χ0) is 14.1. The van der Waals surface area contributed by atoms with E-state index >= 15 is 0 Å². The molecule has 0 aliphatic carbocycles. The maximum absolute atomic E-state index is 4.23. The van der Waals surface area contributed by atoms with Crippen LogP contribution in [0, 0.1) is 0 Å². The molecule has 0 aromatic carbocycles. The Morgan fingerprint density at radius 3 is 3.15 bits per heavy atom. The Hall–Kier alpha value is -0.850. The summed E-state index contributed by atoms with van der Waals surface area (Å²) in [5.74, 6) is 1.02. The number of rotatable bonds is 4. The molecular weight excluding hydrogens is 288 g/mol. The van der Waals surface area contributed by atoms with Crippen LogP contribution in [0.4, 0.5) is 0 Å². The number of nitrogens with zero attached hydrogens (tertiary/aromatic N) is 3. The highest BCUT2D eigenvalue weighted by molar-refractivity contribution is 8.01. The molecule has 0 bridgehead atoms. The van der Waals surface area contributed by atoms with Crippen molar-refractivity contribution in [3.05, 3.63) is 29.2 Å². The van der Waals surface area contributed by atoms with Crippen LogP contribution in [0.15, 0.2) is 22.0 Å². The molecule has 0 fully saturated rings. The molecule has 3 heterocycles. The van der Waals surface area contributed by atoms with Gasteiger partial charge in [0.05, 0.1) is 10.8 Å². The molecule has 0 unspecified atom stereocenters. The third-order valence-corrected chi connectivity index (χ3v) is 5.96. The highest BCUT2D eigenvalue weighted by Gasteiger charge is 2.26. The van der Waals surface area contributed by atoms with Crippen LogP contribution in [0.25, 0.3) is 0 Å². The maximum atomic E-state index is 4.23. The van der Waals surface area contributed by atoms with Crippen molar-refractivity contribution in [2.45, 2.75) is 55.3 Å². The Morgan fingerprint density at radius 2 is 2.35 bits per heavy atom. The molecular formula is C14H20N4S2. The summed E-state index contributed by atoms with van der Waals surface area (Å²) >= 11 is 3.85. The maximum Gasteiger partial charge on any atom is 0.147 e. The molecule has 20 heavy (non-hydrogen) atoms. The Kier molecular flexibility index (Phi) is 4.14. The SMILES string of the molecule is CC(C)n1cnnc1CN[C@H]1C[C@H](C)Sc2sccc21. The van der Waals surface area contributed by atoms with Crippen LogP contribution in [-0.4, -0.2) is 20.0 Å². The Balaban J connectivity index is 1.72. The fourth-order valence-corrected chi connectivity index (χ4v) is 5.15. The van der Waals surface area contributed by atoms with Crippen LogP contribution in [0.5, 0.6) is 0 Å². The molecule has 0 radical (unpaired) electrons. The van der Waals surface area contributed by atoms with Gasteiger partial charge in [0.2, 0.25) is 0 Å². The molecule has 1 aliphatic heterocycles. The van der Waals surface area contributed by atoms with Gasteiger partial charge in [0.15, 0.2) is 0 Å². The van der Waals surface area contributed by atoms with E-state index < -0.39 is 0 Å². The minimum absolute atomic E-state index is 0.402. The van der Waals surface area contributed by atoms with Gasteiger partial charge in [0, 0.05) is 17.3 Å². The highest BCUT2D eigenvalue weighted by atomic mass is 32.2. The molecule has 1 aliphatic rings. The second-order valence-corrected chi connectivity index (χ2v) is 8.13. The van der Waals surface area contributed by atoms with E-state index in [0.29, 0.717) is 17.3 Å². The average Bonchev–Trinajstić information content (AvgIpc) is 3.03. The fourth-order valence-electron chi connectivity index (χ4n) is 2.58. The van der Waals surface area contributed by atoms with Gasteiger partial charge in [-0.3, -0.25) is 0 Å². The minimum Gasteiger partial charge on any atom is -0.314 e. The smallest absolute Gasteiger partial charge is 0.147 e. The summed E-state index contributed by atoms with van der Waals surface area (Å²) in [5.41, 5.74) is 1.45. The summed E-state index contributed by atoms with van der Waals surface area (Å²) in [4.78, 5) is 0. The van der Waals surface area contributed by atoms with Crippen LogP contribution in [0.3, 0.4) is 0 Å². The average molecular weight is 308 g/mol. The Morgan fingerprint density at radius 1 is 1.50 bits per heavy atom. The first-order valence-corrected chi connectivity index (χ1v) is 8.77. The quantitative estimate of drug-likeness (QED) is 0.936. The van der Waals surface area contributed by atoms with Crippen LogP contribution >= 0.6 is 23.1 Å². The molecule has 0 saturated heterocycles.